The SMILES string of the molecule is N#Cc1cnc2ccccc2c1-n1cnc(C#N)c1C#N. The van der Waals surface area contributed by atoms with Gasteiger partial charge in [-0.25, -0.2) is 4.98 Å². The fourth-order valence-electron chi connectivity index (χ4n) is 2.17. The van der Waals surface area contributed by atoms with Crippen molar-refractivity contribution in [2.24, 2.45) is 0 Å². The van der Waals surface area contributed by atoms with Crippen LogP contribution in [0.2, 0.25) is 0 Å². The molecular formula is C15H6N6. The van der Waals surface area contributed by atoms with Gasteiger partial charge < -0.3 is 0 Å². The number of benzene rings is 1. The van der Waals surface area contributed by atoms with Crippen LogP contribution in [0.5, 0.6) is 0 Å². The largest absolute Gasteiger partial charge is 0.287 e. The number of nitriles is 3. The zero-order valence-corrected chi connectivity index (χ0v) is 10.6. The maximum atomic E-state index is 9.30. The van der Waals surface area contributed by atoms with Crippen molar-refractivity contribution in [1.29, 1.82) is 15.8 Å². The number of fused-ring (bicyclic) bond motifs is 1. The smallest absolute Gasteiger partial charge is 0.177 e. The summed E-state index contributed by atoms with van der Waals surface area (Å²) in [5, 5.41) is 28.3. The van der Waals surface area contributed by atoms with E-state index in [1.807, 2.05) is 36.4 Å². The minimum Gasteiger partial charge on any atom is -0.287 e. The van der Waals surface area contributed by atoms with Crippen LogP contribution < -0.4 is 0 Å². The van der Waals surface area contributed by atoms with Gasteiger partial charge in [0.1, 0.15) is 24.5 Å². The number of para-hydroxylation sites is 1. The molecule has 3 rings (SSSR count). The van der Waals surface area contributed by atoms with Crippen molar-refractivity contribution >= 4 is 10.9 Å². The second-order valence-corrected chi connectivity index (χ2v) is 4.18. The van der Waals surface area contributed by atoms with Gasteiger partial charge >= 0.3 is 0 Å². The minimum absolute atomic E-state index is 0.0299. The molecule has 0 radical (unpaired) electrons. The van der Waals surface area contributed by atoms with Crippen molar-refractivity contribution in [3.8, 4) is 23.9 Å². The summed E-state index contributed by atoms with van der Waals surface area (Å²) in [5.41, 5.74) is 1.65. The third-order valence-electron chi connectivity index (χ3n) is 3.09. The lowest BCUT2D eigenvalue weighted by Crippen LogP contribution is -2.02. The van der Waals surface area contributed by atoms with Gasteiger partial charge in [0.05, 0.1) is 16.8 Å². The maximum absolute atomic E-state index is 9.30. The molecule has 21 heavy (non-hydrogen) atoms. The maximum Gasteiger partial charge on any atom is 0.177 e. The van der Waals surface area contributed by atoms with Crippen molar-refractivity contribution < 1.29 is 0 Å². The van der Waals surface area contributed by atoms with Gasteiger partial charge in [0.15, 0.2) is 11.4 Å². The van der Waals surface area contributed by atoms with E-state index in [9.17, 15) is 10.5 Å². The summed E-state index contributed by atoms with van der Waals surface area (Å²) in [6.45, 7) is 0. The summed E-state index contributed by atoms with van der Waals surface area (Å²) in [7, 11) is 0. The van der Waals surface area contributed by atoms with Crippen molar-refractivity contribution in [2.45, 2.75) is 0 Å². The molecule has 3 aromatic rings. The Balaban J connectivity index is 2.46. The first kappa shape index (κ1) is 12.3. The molecule has 96 valence electrons. The summed E-state index contributed by atoms with van der Waals surface area (Å²) >= 11 is 0. The van der Waals surface area contributed by atoms with Crippen LogP contribution in [0.1, 0.15) is 17.0 Å². The molecule has 0 aliphatic carbocycles. The second kappa shape index (κ2) is 4.77. The number of pyridine rings is 1. The Morgan fingerprint density at radius 1 is 0.952 bits per heavy atom. The van der Waals surface area contributed by atoms with E-state index < -0.39 is 0 Å². The monoisotopic (exact) mass is 270 g/mol. The standard InChI is InChI=1S/C15H6N6/c16-5-10-8-19-12-4-2-1-3-11(12)15(10)21-9-20-13(6-17)14(21)7-18/h1-4,8-9H. The lowest BCUT2D eigenvalue weighted by molar-refractivity contribution is 1.03. The molecule has 0 unspecified atom stereocenters. The van der Waals surface area contributed by atoms with E-state index in [1.54, 1.807) is 0 Å². The zero-order chi connectivity index (χ0) is 14.8. The van der Waals surface area contributed by atoms with Crippen molar-refractivity contribution in [3.63, 3.8) is 0 Å². The third kappa shape index (κ3) is 1.78. The first-order valence-corrected chi connectivity index (χ1v) is 5.96. The summed E-state index contributed by atoms with van der Waals surface area (Å²) in [6, 6.07) is 13.2. The lowest BCUT2D eigenvalue weighted by Gasteiger charge is -2.09. The molecule has 0 atom stereocenters. The second-order valence-electron chi connectivity index (χ2n) is 4.18. The number of imidazole rings is 1. The van der Waals surface area contributed by atoms with Crippen LogP contribution in [0.15, 0.2) is 36.8 Å². The summed E-state index contributed by atoms with van der Waals surface area (Å²) in [6.07, 6.45) is 2.82. The first-order valence-electron chi connectivity index (χ1n) is 5.96. The van der Waals surface area contributed by atoms with Crippen LogP contribution in [0.3, 0.4) is 0 Å². The Labute approximate surface area is 119 Å². The molecule has 6 nitrogen and oxygen atoms in total. The number of hydrogen-bond donors (Lipinski definition) is 0. The average molecular weight is 270 g/mol. The fraction of sp³-hybridized carbons (Fsp3) is 0. The van der Waals surface area contributed by atoms with Crippen LogP contribution in [-0.2, 0) is 0 Å². The molecule has 0 saturated heterocycles. The number of aromatic nitrogens is 3. The lowest BCUT2D eigenvalue weighted by atomic mass is 10.1. The Kier molecular flexibility index (Phi) is 2.81. The molecule has 6 heteroatoms. The molecule has 0 aliphatic heterocycles. The van der Waals surface area contributed by atoms with Crippen LogP contribution in [0.4, 0.5) is 0 Å². The van der Waals surface area contributed by atoms with Crippen LogP contribution in [0.25, 0.3) is 16.6 Å². The van der Waals surface area contributed by atoms with Gasteiger partial charge in [-0.2, -0.15) is 15.8 Å². The van der Waals surface area contributed by atoms with Crippen molar-refractivity contribution in [3.05, 3.63) is 53.7 Å². The highest BCUT2D eigenvalue weighted by molar-refractivity contribution is 5.89. The van der Waals surface area contributed by atoms with Crippen LogP contribution in [-0.4, -0.2) is 14.5 Å². The number of nitrogens with zero attached hydrogens (tertiary/aromatic N) is 6. The molecule has 0 amide bonds. The highest BCUT2D eigenvalue weighted by Crippen LogP contribution is 2.26. The molecule has 2 aromatic heterocycles. The van der Waals surface area contributed by atoms with E-state index in [2.05, 4.69) is 16.0 Å². The van der Waals surface area contributed by atoms with E-state index in [4.69, 9.17) is 5.26 Å². The van der Waals surface area contributed by atoms with Gasteiger partial charge in [-0.15, -0.1) is 0 Å². The minimum atomic E-state index is 0.0299. The molecule has 0 N–H and O–H groups in total. The van der Waals surface area contributed by atoms with Gasteiger partial charge in [-0.05, 0) is 6.07 Å². The first-order chi connectivity index (χ1) is 10.3. The third-order valence-corrected chi connectivity index (χ3v) is 3.09. The molecule has 0 bridgehead atoms. The van der Waals surface area contributed by atoms with Gasteiger partial charge in [-0.3, -0.25) is 9.55 Å². The molecule has 2 heterocycles. The molecular weight excluding hydrogens is 264 g/mol. The predicted molar refractivity (Wildman–Crippen MR) is 73.0 cm³/mol. The molecule has 0 spiro atoms. The van der Waals surface area contributed by atoms with E-state index in [0.29, 0.717) is 16.8 Å². The van der Waals surface area contributed by atoms with E-state index in [-0.39, 0.29) is 11.4 Å². The highest BCUT2D eigenvalue weighted by atomic mass is 15.1. The Bertz CT molecular complexity index is 978. The fourth-order valence-corrected chi connectivity index (χ4v) is 2.17. The van der Waals surface area contributed by atoms with E-state index in [0.717, 1.165) is 5.39 Å². The molecule has 1 aromatic carbocycles. The van der Waals surface area contributed by atoms with Gasteiger partial charge in [0, 0.05) is 11.6 Å². The van der Waals surface area contributed by atoms with Gasteiger partial charge in [-0.1, -0.05) is 18.2 Å². The topological polar surface area (TPSA) is 102 Å². The van der Waals surface area contributed by atoms with Crippen molar-refractivity contribution in [2.75, 3.05) is 0 Å². The number of rotatable bonds is 1. The Morgan fingerprint density at radius 2 is 1.76 bits per heavy atom. The quantitative estimate of drug-likeness (QED) is 0.673. The average Bonchev–Trinajstić information content (AvgIpc) is 2.96. The predicted octanol–water partition coefficient (Wildman–Crippen LogP) is 2.04. The zero-order valence-electron chi connectivity index (χ0n) is 10.6. The molecule has 0 fully saturated rings. The number of hydrogen-bond acceptors (Lipinski definition) is 5. The van der Waals surface area contributed by atoms with Crippen molar-refractivity contribution in [1.82, 2.24) is 14.5 Å². The summed E-state index contributed by atoms with van der Waals surface area (Å²) in [4.78, 5) is 8.13. The Hall–Kier alpha value is -3.69. The molecule has 0 saturated carbocycles. The normalized spacial score (nSPS) is 9.76. The van der Waals surface area contributed by atoms with Gasteiger partial charge in [0.2, 0.25) is 0 Å². The van der Waals surface area contributed by atoms with E-state index >= 15 is 0 Å². The molecule has 0 aliphatic rings. The van der Waals surface area contributed by atoms with Crippen LogP contribution in [0, 0.1) is 34.0 Å². The van der Waals surface area contributed by atoms with Crippen LogP contribution >= 0.6 is 0 Å². The summed E-state index contributed by atoms with van der Waals surface area (Å²) < 4.78 is 1.46. The van der Waals surface area contributed by atoms with E-state index in [1.165, 1.54) is 17.1 Å². The summed E-state index contributed by atoms with van der Waals surface area (Å²) in [5.74, 6) is 0. The highest BCUT2D eigenvalue weighted by Gasteiger charge is 2.17. The van der Waals surface area contributed by atoms with Gasteiger partial charge in [0.25, 0.3) is 0 Å². The Morgan fingerprint density at radius 3 is 2.48 bits per heavy atom.